The number of aromatic nitrogens is 3. The average molecular weight is 303 g/mol. The molecule has 3 aromatic rings. The van der Waals surface area contributed by atoms with E-state index in [4.69, 9.17) is 5.73 Å². The molecular weight excluding hydrogens is 292 g/mol. The average Bonchev–Trinajstić information content (AvgIpc) is 2.37. The Balaban J connectivity index is 2.41. The van der Waals surface area contributed by atoms with E-state index in [2.05, 4.69) is 30.9 Å². The van der Waals surface area contributed by atoms with Crippen LogP contribution in [0, 0.1) is 0 Å². The Morgan fingerprint density at radius 3 is 2.78 bits per heavy atom. The Labute approximate surface area is 112 Å². The van der Waals surface area contributed by atoms with Gasteiger partial charge in [0.05, 0.1) is 10.9 Å². The Kier molecular flexibility index (Phi) is 2.63. The predicted octanol–water partition coefficient (Wildman–Crippen LogP) is 3.09. The zero-order valence-electron chi connectivity index (χ0n) is 9.81. The minimum Gasteiger partial charge on any atom is -0.383 e. The van der Waals surface area contributed by atoms with E-state index >= 15 is 0 Å². The van der Waals surface area contributed by atoms with Gasteiger partial charge in [0, 0.05) is 16.3 Å². The number of benzene rings is 1. The third-order valence-electron chi connectivity index (χ3n) is 2.83. The number of aryl methyl sites for hydroxylation is 1. The van der Waals surface area contributed by atoms with Gasteiger partial charge in [0.25, 0.3) is 0 Å². The summed E-state index contributed by atoms with van der Waals surface area (Å²) in [5.41, 5.74) is 7.53. The molecule has 2 heterocycles. The summed E-state index contributed by atoms with van der Waals surface area (Å²) in [6, 6.07) is 7.92. The first-order valence-corrected chi connectivity index (χ1v) is 6.49. The molecule has 0 spiro atoms. The van der Waals surface area contributed by atoms with Crippen molar-refractivity contribution in [1.82, 2.24) is 15.0 Å². The molecule has 2 N–H and O–H groups in total. The van der Waals surface area contributed by atoms with Gasteiger partial charge in [0.2, 0.25) is 0 Å². The fraction of sp³-hybridized carbons (Fsp3) is 0.154. The van der Waals surface area contributed by atoms with Gasteiger partial charge in [-0.25, -0.2) is 15.0 Å². The van der Waals surface area contributed by atoms with E-state index in [1.807, 2.05) is 31.2 Å². The van der Waals surface area contributed by atoms with Crippen LogP contribution in [0.15, 0.2) is 28.7 Å². The topological polar surface area (TPSA) is 64.7 Å². The molecule has 0 unspecified atom stereocenters. The smallest absolute Gasteiger partial charge is 0.165 e. The van der Waals surface area contributed by atoms with Gasteiger partial charge in [-0.1, -0.05) is 22.9 Å². The number of fused-ring (bicyclic) bond motifs is 2. The van der Waals surface area contributed by atoms with Crippen LogP contribution in [0.25, 0.3) is 21.9 Å². The summed E-state index contributed by atoms with van der Waals surface area (Å²) in [5, 5.41) is 1.83. The third kappa shape index (κ3) is 1.80. The number of pyridine rings is 1. The van der Waals surface area contributed by atoms with E-state index in [1.54, 1.807) is 0 Å². The van der Waals surface area contributed by atoms with Crippen molar-refractivity contribution >= 4 is 43.7 Å². The van der Waals surface area contributed by atoms with Gasteiger partial charge in [-0.3, -0.25) is 0 Å². The molecule has 18 heavy (non-hydrogen) atoms. The molecular formula is C13H11BrN4. The SMILES string of the molecule is CCc1nc(N)c2cc3cc(Br)ccc3nc2n1. The quantitative estimate of drug-likeness (QED) is 0.702. The molecule has 2 aromatic heterocycles. The van der Waals surface area contributed by atoms with Gasteiger partial charge < -0.3 is 5.73 Å². The minimum atomic E-state index is 0.492. The van der Waals surface area contributed by atoms with Crippen LogP contribution in [-0.4, -0.2) is 15.0 Å². The highest BCUT2D eigenvalue weighted by atomic mass is 79.9. The monoisotopic (exact) mass is 302 g/mol. The number of halogens is 1. The molecule has 90 valence electrons. The summed E-state index contributed by atoms with van der Waals surface area (Å²) in [6.45, 7) is 2.00. The van der Waals surface area contributed by atoms with Crippen molar-refractivity contribution < 1.29 is 0 Å². The molecule has 0 atom stereocenters. The molecule has 0 radical (unpaired) electrons. The molecule has 0 saturated heterocycles. The van der Waals surface area contributed by atoms with Crippen LogP contribution in [0.4, 0.5) is 5.82 Å². The van der Waals surface area contributed by atoms with Gasteiger partial charge in [-0.2, -0.15) is 0 Å². The van der Waals surface area contributed by atoms with E-state index in [0.29, 0.717) is 11.5 Å². The van der Waals surface area contributed by atoms with E-state index in [-0.39, 0.29) is 0 Å². The number of nitrogens with zero attached hydrogens (tertiary/aromatic N) is 3. The van der Waals surface area contributed by atoms with E-state index in [1.165, 1.54) is 0 Å². The summed E-state index contributed by atoms with van der Waals surface area (Å²) in [4.78, 5) is 13.2. The molecule has 0 fully saturated rings. The highest BCUT2D eigenvalue weighted by molar-refractivity contribution is 9.10. The minimum absolute atomic E-state index is 0.492. The summed E-state index contributed by atoms with van der Waals surface area (Å²) in [6.07, 6.45) is 0.750. The zero-order chi connectivity index (χ0) is 12.7. The molecule has 0 amide bonds. The fourth-order valence-corrected chi connectivity index (χ4v) is 2.29. The van der Waals surface area contributed by atoms with Gasteiger partial charge in [0.1, 0.15) is 11.6 Å². The second-order valence-electron chi connectivity index (χ2n) is 4.08. The van der Waals surface area contributed by atoms with Gasteiger partial charge in [-0.05, 0) is 24.3 Å². The molecule has 1 aromatic carbocycles. The lowest BCUT2D eigenvalue weighted by atomic mass is 10.2. The van der Waals surface area contributed by atoms with Crippen LogP contribution in [0.2, 0.25) is 0 Å². The lowest BCUT2D eigenvalue weighted by Gasteiger charge is -2.05. The number of rotatable bonds is 1. The lowest BCUT2D eigenvalue weighted by Crippen LogP contribution is -2.01. The first-order chi connectivity index (χ1) is 8.67. The third-order valence-corrected chi connectivity index (χ3v) is 3.33. The van der Waals surface area contributed by atoms with Crippen molar-refractivity contribution in [3.05, 3.63) is 34.6 Å². The second kappa shape index (κ2) is 4.17. The van der Waals surface area contributed by atoms with Crippen molar-refractivity contribution in [3.63, 3.8) is 0 Å². The summed E-state index contributed by atoms with van der Waals surface area (Å²) >= 11 is 3.45. The van der Waals surface area contributed by atoms with Gasteiger partial charge in [0.15, 0.2) is 5.65 Å². The van der Waals surface area contributed by atoms with Crippen LogP contribution in [0.3, 0.4) is 0 Å². The molecule has 0 aliphatic rings. The van der Waals surface area contributed by atoms with Crippen molar-refractivity contribution in [2.75, 3.05) is 5.73 Å². The summed E-state index contributed by atoms with van der Waals surface area (Å²) < 4.78 is 1.01. The van der Waals surface area contributed by atoms with Crippen LogP contribution in [-0.2, 0) is 6.42 Å². The predicted molar refractivity (Wildman–Crippen MR) is 76.3 cm³/mol. The van der Waals surface area contributed by atoms with E-state index in [9.17, 15) is 0 Å². The normalized spacial score (nSPS) is 11.2. The summed E-state index contributed by atoms with van der Waals surface area (Å²) in [7, 11) is 0. The molecule has 4 nitrogen and oxygen atoms in total. The Morgan fingerprint density at radius 2 is 2.00 bits per heavy atom. The lowest BCUT2D eigenvalue weighted by molar-refractivity contribution is 0.960. The molecule has 0 saturated carbocycles. The van der Waals surface area contributed by atoms with Crippen LogP contribution in [0.5, 0.6) is 0 Å². The molecule has 0 aliphatic carbocycles. The fourth-order valence-electron chi connectivity index (χ4n) is 1.92. The van der Waals surface area contributed by atoms with Crippen molar-refractivity contribution in [1.29, 1.82) is 0 Å². The number of hydrogen-bond acceptors (Lipinski definition) is 4. The largest absolute Gasteiger partial charge is 0.383 e. The molecule has 3 rings (SSSR count). The van der Waals surface area contributed by atoms with Gasteiger partial charge in [-0.15, -0.1) is 0 Å². The van der Waals surface area contributed by atoms with Crippen molar-refractivity contribution in [2.24, 2.45) is 0 Å². The number of nitrogen functional groups attached to an aromatic ring is 1. The maximum absolute atomic E-state index is 5.96. The van der Waals surface area contributed by atoms with Gasteiger partial charge >= 0.3 is 0 Å². The Morgan fingerprint density at radius 1 is 1.17 bits per heavy atom. The summed E-state index contributed by atoms with van der Waals surface area (Å²) in [5.74, 6) is 1.22. The highest BCUT2D eigenvalue weighted by Gasteiger charge is 2.07. The number of anilines is 1. The van der Waals surface area contributed by atoms with Crippen LogP contribution < -0.4 is 5.73 Å². The van der Waals surface area contributed by atoms with Crippen LogP contribution in [0.1, 0.15) is 12.7 Å². The van der Waals surface area contributed by atoms with Crippen molar-refractivity contribution in [2.45, 2.75) is 13.3 Å². The first kappa shape index (κ1) is 11.3. The Hall–Kier alpha value is -1.75. The zero-order valence-corrected chi connectivity index (χ0v) is 11.4. The molecule has 0 bridgehead atoms. The Bertz CT molecular complexity index is 755. The van der Waals surface area contributed by atoms with E-state index < -0.39 is 0 Å². The first-order valence-electron chi connectivity index (χ1n) is 5.70. The maximum Gasteiger partial charge on any atom is 0.165 e. The highest BCUT2D eigenvalue weighted by Crippen LogP contribution is 2.24. The van der Waals surface area contributed by atoms with Crippen LogP contribution >= 0.6 is 15.9 Å². The molecule has 0 aliphatic heterocycles. The standard InChI is InChI=1S/C13H11BrN4/c1-2-11-17-12(15)9-6-7-5-8(14)3-4-10(7)16-13(9)18-11/h3-6H,2H2,1H3,(H2,15,16,17,18). The molecule has 5 heteroatoms. The van der Waals surface area contributed by atoms with E-state index in [0.717, 1.165) is 33.0 Å². The maximum atomic E-state index is 5.96. The van der Waals surface area contributed by atoms with Crippen molar-refractivity contribution in [3.8, 4) is 0 Å². The number of hydrogen-bond donors (Lipinski definition) is 1. The number of nitrogens with two attached hydrogens (primary N) is 1. The second-order valence-corrected chi connectivity index (χ2v) is 4.99.